The minimum Gasteiger partial charge on any atom is -0.497 e. The molecule has 1 saturated heterocycles. The number of methoxy groups -OCH3 is 1. The SMILES string of the molecule is C#CCC1CC1(N[CH]=[V])C(=O)NS(=O)(=O)C(F)(F)F.COc1ccc2c(O[C@@H]3CCN(C(=O)[C@H](CC(C)C)NC(=O)OC(C)(C)C)C3)cc(-c3ccccc3)nc2c1. The van der Waals surface area contributed by atoms with E-state index in [1.54, 1.807) is 32.8 Å². The van der Waals surface area contributed by atoms with Gasteiger partial charge in [0, 0.05) is 36.0 Å². The number of pyridine rings is 1. The number of benzene rings is 2. The Morgan fingerprint density at radius 3 is 2.40 bits per heavy atom. The quantitative estimate of drug-likeness (QED) is 0.188. The number of halogens is 3. The van der Waals surface area contributed by atoms with Gasteiger partial charge in [0.1, 0.15) is 29.2 Å². The van der Waals surface area contributed by atoms with Gasteiger partial charge in [-0.05, 0) is 45.2 Å². The number of nitrogens with zero attached hydrogens (tertiary/aromatic N) is 2. The number of amides is 3. The van der Waals surface area contributed by atoms with Gasteiger partial charge in [0.25, 0.3) is 0 Å². The number of alkyl carbamates (subject to hydrolysis) is 1. The molecule has 58 heavy (non-hydrogen) atoms. The molecule has 3 amide bonds. The van der Waals surface area contributed by atoms with Gasteiger partial charge in [-0.2, -0.15) is 0 Å². The number of ether oxygens (including phenoxy) is 3. The Kier molecular flexibility index (Phi) is 15.1. The van der Waals surface area contributed by atoms with Crippen LogP contribution in [-0.4, -0.2) is 90.1 Å². The number of sulfonamides is 1. The van der Waals surface area contributed by atoms with Crippen LogP contribution in [0.25, 0.3) is 22.2 Å². The maximum atomic E-state index is 13.5. The largest absolute Gasteiger partial charge is 0.497 e. The number of hydrogen-bond acceptors (Lipinski definition) is 10. The van der Waals surface area contributed by atoms with Crippen molar-refractivity contribution in [3.8, 4) is 35.1 Å². The fraction of sp³-hybridized carbons (Fsp3) is 0.475. The van der Waals surface area contributed by atoms with Crippen LogP contribution in [0.2, 0.25) is 0 Å². The van der Waals surface area contributed by atoms with Gasteiger partial charge < -0.3 is 24.4 Å². The van der Waals surface area contributed by atoms with Gasteiger partial charge >= 0.3 is 122 Å². The second kappa shape index (κ2) is 19.0. The summed E-state index contributed by atoms with van der Waals surface area (Å²) >= 11 is 1.97. The summed E-state index contributed by atoms with van der Waals surface area (Å²) in [6, 6.07) is 17.0. The molecule has 2 aliphatic rings. The molecule has 18 heteroatoms. The van der Waals surface area contributed by atoms with E-state index in [0.29, 0.717) is 31.7 Å². The van der Waals surface area contributed by atoms with Crippen molar-refractivity contribution >= 4 is 43.7 Å². The predicted molar refractivity (Wildman–Crippen MR) is 209 cm³/mol. The molecule has 313 valence electrons. The molecule has 1 aliphatic heterocycles. The van der Waals surface area contributed by atoms with Gasteiger partial charge in [-0.1, -0.05) is 44.2 Å². The van der Waals surface area contributed by atoms with Crippen LogP contribution in [0.1, 0.15) is 60.3 Å². The van der Waals surface area contributed by atoms with E-state index in [1.165, 1.54) is 4.85 Å². The molecular formula is C40H48F3N5O8SV. The second-order valence-corrected chi connectivity index (χ2v) is 17.4. The van der Waals surface area contributed by atoms with Crippen LogP contribution in [0.15, 0.2) is 54.6 Å². The fourth-order valence-electron chi connectivity index (χ4n) is 6.35. The van der Waals surface area contributed by atoms with Crippen LogP contribution >= 0.6 is 0 Å². The Hall–Kier alpha value is -4.63. The first-order valence-corrected chi connectivity index (χ1v) is 20.7. The summed E-state index contributed by atoms with van der Waals surface area (Å²) in [4.78, 5) is 45.6. The molecule has 1 aliphatic carbocycles. The summed E-state index contributed by atoms with van der Waals surface area (Å²) in [5, 5.41) is 6.22. The smallest absolute Gasteiger partial charge is 0.408 e. The van der Waals surface area contributed by atoms with E-state index in [0.717, 1.165) is 32.6 Å². The van der Waals surface area contributed by atoms with Crippen LogP contribution in [0.4, 0.5) is 18.0 Å². The van der Waals surface area contributed by atoms with Crippen molar-refractivity contribution in [2.45, 2.75) is 89.1 Å². The van der Waals surface area contributed by atoms with E-state index in [-0.39, 0.29) is 30.8 Å². The standard InChI is InChI=1S/C31H39N3O5.C9H9F3N2O3S.V/c1-20(2)16-27(33-30(36)39-31(3,4)5)29(35)34-15-14-23(19-34)38-28-18-25(21-10-8-7-9-11-21)32-26-17-22(37-6)12-13-24(26)28;1-3-4-6-5-8(6,13-2)7(15)14-18(16,17)9(10,11)12;/h7-13,17-18,20,23,27H,14-16,19H2,1-6H3,(H,33,36);1-2,6,13H,4-5H2,(H,14,15);/t23-,27+;;/m1../s1. The van der Waals surface area contributed by atoms with E-state index in [2.05, 4.69) is 16.6 Å². The third-order valence-electron chi connectivity index (χ3n) is 9.22. The summed E-state index contributed by atoms with van der Waals surface area (Å²) < 4.78 is 76.6. The first-order chi connectivity index (χ1) is 27.1. The van der Waals surface area contributed by atoms with Crippen LogP contribution in [0, 0.1) is 24.2 Å². The van der Waals surface area contributed by atoms with Crippen molar-refractivity contribution in [3.63, 3.8) is 0 Å². The molecular weight excluding hydrogens is 818 g/mol. The van der Waals surface area contributed by atoms with E-state index < -0.39 is 50.6 Å². The van der Waals surface area contributed by atoms with E-state index in [1.807, 2.05) is 85.4 Å². The fourth-order valence-corrected chi connectivity index (χ4v) is 7.25. The molecule has 2 fully saturated rings. The monoisotopic (exact) mass is 866 g/mol. The van der Waals surface area contributed by atoms with Gasteiger partial charge in [-0.15, -0.1) is 0 Å². The Bertz CT molecular complexity index is 2130. The number of hydrogen-bond donors (Lipinski definition) is 3. The molecule has 4 atom stereocenters. The third-order valence-corrected chi connectivity index (χ3v) is 10.5. The molecule has 0 spiro atoms. The number of aromatic nitrogens is 1. The van der Waals surface area contributed by atoms with E-state index in [4.69, 9.17) is 25.6 Å². The number of rotatable bonds is 13. The van der Waals surface area contributed by atoms with Crippen LogP contribution in [0.5, 0.6) is 11.5 Å². The zero-order chi connectivity index (χ0) is 43.1. The van der Waals surface area contributed by atoms with Gasteiger partial charge in [0.05, 0.1) is 24.9 Å². The van der Waals surface area contributed by atoms with Gasteiger partial charge in [-0.25, -0.2) is 9.78 Å². The maximum Gasteiger partial charge on any atom is 0.408 e. The van der Waals surface area contributed by atoms with Crippen LogP contribution in [-0.2, 0) is 41.3 Å². The first-order valence-electron chi connectivity index (χ1n) is 18.4. The van der Waals surface area contributed by atoms with E-state index >= 15 is 0 Å². The normalized spacial score (nSPS) is 19.6. The molecule has 2 unspecified atom stereocenters. The summed E-state index contributed by atoms with van der Waals surface area (Å²) in [6.45, 7) is 10.4. The maximum absolute atomic E-state index is 13.5. The third kappa shape index (κ3) is 12.0. The zero-order valence-corrected chi connectivity index (χ0v) is 35.3. The Labute approximate surface area is 345 Å². The number of alkyl halides is 3. The summed E-state index contributed by atoms with van der Waals surface area (Å²) in [5.41, 5.74) is -5.01. The minimum atomic E-state index is -5.71. The number of carbonyl (C=O) groups is 3. The molecule has 1 saturated carbocycles. The average Bonchev–Trinajstić information content (AvgIpc) is 3.63. The number of terminal acetylenes is 1. The number of nitrogens with one attached hydrogen (secondary N) is 3. The number of likely N-dealkylation sites (tertiary alicyclic amines) is 1. The molecule has 3 N–H and O–H groups in total. The summed E-state index contributed by atoms with van der Waals surface area (Å²) in [6.07, 6.45) is 5.83. The van der Waals surface area contributed by atoms with Gasteiger partial charge in [0.15, 0.2) is 0 Å². The van der Waals surface area contributed by atoms with Gasteiger partial charge in [0.2, 0.25) is 5.91 Å². The van der Waals surface area contributed by atoms with Gasteiger partial charge in [-0.3, -0.25) is 4.79 Å². The number of carbonyl (C=O) groups excluding carboxylic acids is 3. The van der Waals surface area contributed by atoms with Crippen LogP contribution < -0.4 is 24.8 Å². The molecule has 2 aromatic carbocycles. The molecule has 0 radical (unpaired) electrons. The van der Waals surface area contributed by atoms with Crippen molar-refractivity contribution in [3.05, 3.63) is 54.6 Å². The Morgan fingerprint density at radius 2 is 1.81 bits per heavy atom. The predicted octanol–water partition coefficient (Wildman–Crippen LogP) is 5.46. The van der Waals surface area contributed by atoms with Crippen molar-refractivity contribution in [1.29, 1.82) is 0 Å². The van der Waals surface area contributed by atoms with Crippen molar-refractivity contribution in [2.24, 2.45) is 11.8 Å². The van der Waals surface area contributed by atoms with Crippen molar-refractivity contribution < 1.29 is 67.2 Å². The first kappa shape index (κ1) is 46.1. The number of fused-ring (bicyclic) bond motifs is 1. The molecule has 13 nitrogen and oxygen atoms in total. The molecule has 0 bridgehead atoms. The Balaban J connectivity index is 0.000000329. The minimum absolute atomic E-state index is 0.116. The molecule has 2 heterocycles. The van der Waals surface area contributed by atoms with Crippen LogP contribution in [0.3, 0.4) is 0 Å². The topological polar surface area (TPSA) is 165 Å². The summed E-state index contributed by atoms with van der Waals surface area (Å²) in [7, 11) is -4.07. The zero-order valence-electron chi connectivity index (χ0n) is 33.1. The molecule has 3 aromatic rings. The van der Waals surface area contributed by atoms with Crippen molar-refractivity contribution in [2.75, 3.05) is 20.2 Å². The van der Waals surface area contributed by atoms with E-state index in [9.17, 15) is 36.0 Å². The average molecular weight is 867 g/mol. The Morgan fingerprint density at radius 1 is 1.12 bits per heavy atom. The molecule has 1 aromatic heterocycles. The summed E-state index contributed by atoms with van der Waals surface area (Å²) in [5.74, 6) is 2.16. The van der Waals surface area contributed by atoms with Crippen molar-refractivity contribution in [1.82, 2.24) is 25.2 Å². The molecule has 5 rings (SSSR count). The second-order valence-electron chi connectivity index (χ2n) is 15.3.